The van der Waals surface area contributed by atoms with Crippen LogP contribution in [0.2, 0.25) is 5.02 Å². The van der Waals surface area contributed by atoms with E-state index in [2.05, 4.69) is 15.1 Å². The predicted molar refractivity (Wildman–Crippen MR) is 81.2 cm³/mol. The van der Waals surface area contributed by atoms with Gasteiger partial charge in [0.05, 0.1) is 16.6 Å². The number of aryl methyl sites for hydroxylation is 2. The van der Waals surface area contributed by atoms with Gasteiger partial charge in [0.1, 0.15) is 18.2 Å². The molecule has 1 aromatic carbocycles. The average molecular weight is 304 g/mol. The number of nitrogen functional groups attached to an aromatic ring is 1. The smallest absolute Gasteiger partial charge is 0.170 e. The summed E-state index contributed by atoms with van der Waals surface area (Å²) in [5.74, 6) is 1.47. The van der Waals surface area contributed by atoms with Gasteiger partial charge in [-0.15, -0.1) is 0 Å². The number of fused-ring (bicyclic) bond motifs is 1. The van der Waals surface area contributed by atoms with Crippen molar-refractivity contribution in [3.63, 3.8) is 0 Å². The Bertz CT molecular complexity index is 814. The summed E-state index contributed by atoms with van der Waals surface area (Å²) in [5, 5.41) is 5.40. The molecule has 0 aliphatic rings. The summed E-state index contributed by atoms with van der Waals surface area (Å²) in [5.41, 5.74) is 7.65. The van der Waals surface area contributed by atoms with E-state index < -0.39 is 0 Å². The van der Waals surface area contributed by atoms with Gasteiger partial charge in [0.25, 0.3) is 0 Å². The second-order valence-corrected chi connectivity index (χ2v) is 5.16. The van der Waals surface area contributed by atoms with E-state index >= 15 is 0 Å². The molecule has 0 bridgehead atoms. The normalized spacial score (nSPS) is 11.0. The van der Waals surface area contributed by atoms with Crippen molar-refractivity contribution in [2.24, 2.45) is 7.05 Å². The predicted octanol–water partition coefficient (Wildman–Crippen LogP) is 2.49. The molecule has 0 aliphatic carbocycles. The number of ether oxygens (including phenoxy) is 1. The van der Waals surface area contributed by atoms with Crippen LogP contribution in [0, 0.1) is 6.92 Å². The molecule has 0 saturated carbocycles. The quantitative estimate of drug-likeness (QED) is 0.804. The minimum Gasteiger partial charge on any atom is -0.484 e. The molecule has 2 heterocycles. The van der Waals surface area contributed by atoms with E-state index in [-0.39, 0.29) is 6.61 Å². The highest BCUT2D eigenvalue weighted by atomic mass is 35.5. The van der Waals surface area contributed by atoms with Gasteiger partial charge < -0.3 is 10.5 Å². The fraction of sp³-hybridized carbons (Fsp3) is 0.214. The van der Waals surface area contributed by atoms with Crippen molar-refractivity contribution in [3.8, 4) is 5.75 Å². The third-order valence-electron chi connectivity index (χ3n) is 3.11. The molecule has 108 valence electrons. The number of aromatic nitrogens is 4. The summed E-state index contributed by atoms with van der Waals surface area (Å²) in [6, 6.07) is 5.60. The lowest BCUT2D eigenvalue weighted by Gasteiger charge is -2.08. The lowest BCUT2D eigenvalue weighted by atomic mass is 10.2. The maximum Gasteiger partial charge on any atom is 0.170 e. The molecule has 0 amide bonds. The first-order chi connectivity index (χ1) is 10.0. The number of nitrogens with two attached hydrogens (primary N) is 1. The average Bonchev–Trinajstić information content (AvgIpc) is 2.80. The number of hydrogen-bond donors (Lipinski definition) is 1. The van der Waals surface area contributed by atoms with Crippen molar-refractivity contribution >= 4 is 28.5 Å². The first-order valence-corrected chi connectivity index (χ1v) is 6.75. The van der Waals surface area contributed by atoms with Crippen molar-refractivity contribution in [2.45, 2.75) is 13.5 Å². The maximum atomic E-state index is 6.13. The third-order valence-corrected chi connectivity index (χ3v) is 3.41. The van der Waals surface area contributed by atoms with Gasteiger partial charge in [-0.25, -0.2) is 9.97 Å². The van der Waals surface area contributed by atoms with Crippen molar-refractivity contribution < 1.29 is 4.74 Å². The van der Waals surface area contributed by atoms with Crippen LogP contribution >= 0.6 is 11.6 Å². The Hall–Kier alpha value is -2.34. The van der Waals surface area contributed by atoms with Crippen LogP contribution in [0.1, 0.15) is 11.4 Å². The maximum absolute atomic E-state index is 6.13. The molecule has 0 fully saturated rings. The zero-order valence-corrected chi connectivity index (χ0v) is 12.4. The minimum absolute atomic E-state index is 0.189. The molecule has 0 aliphatic heterocycles. The van der Waals surface area contributed by atoms with Crippen LogP contribution < -0.4 is 10.5 Å². The van der Waals surface area contributed by atoms with Gasteiger partial charge in [0.2, 0.25) is 0 Å². The molecule has 0 spiro atoms. The summed E-state index contributed by atoms with van der Waals surface area (Å²) < 4.78 is 7.30. The molecule has 7 heteroatoms. The van der Waals surface area contributed by atoms with Gasteiger partial charge in [0, 0.05) is 7.05 Å². The van der Waals surface area contributed by atoms with E-state index in [1.807, 2.05) is 25.1 Å². The van der Waals surface area contributed by atoms with Crippen molar-refractivity contribution in [3.05, 3.63) is 40.8 Å². The zero-order valence-electron chi connectivity index (χ0n) is 11.7. The topological polar surface area (TPSA) is 78.9 Å². The Morgan fingerprint density at radius 3 is 2.90 bits per heavy atom. The summed E-state index contributed by atoms with van der Waals surface area (Å²) in [6.45, 7) is 2.16. The van der Waals surface area contributed by atoms with Gasteiger partial charge in [-0.2, -0.15) is 5.10 Å². The van der Waals surface area contributed by atoms with E-state index in [4.69, 9.17) is 22.1 Å². The Morgan fingerprint density at radius 2 is 2.14 bits per heavy atom. The number of nitrogens with zero attached hydrogens (tertiary/aromatic N) is 4. The molecule has 3 rings (SSSR count). The van der Waals surface area contributed by atoms with Crippen molar-refractivity contribution in [2.75, 3.05) is 5.73 Å². The fourth-order valence-electron chi connectivity index (χ4n) is 2.02. The Labute approximate surface area is 126 Å². The molecular weight excluding hydrogens is 290 g/mol. The Morgan fingerprint density at radius 1 is 1.33 bits per heavy atom. The van der Waals surface area contributed by atoms with Crippen LogP contribution in [0.4, 0.5) is 5.82 Å². The molecule has 0 saturated heterocycles. The summed E-state index contributed by atoms with van der Waals surface area (Å²) in [4.78, 5) is 8.62. The van der Waals surface area contributed by atoms with Crippen LogP contribution in [0.15, 0.2) is 24.4 Å². The first kappa shape index (κ1) is 13.6. The second kappa shape index (κ2) is 5.21. The summed E-state index contributed by atoms with van der Waals surface area (Å²) >= 11 is 6.13. The van der Waals surface area contributed by atoms with Gasteiger partial charge in [0.15, 0.2) is 11.5 Å². The number of halogens is 1. The first-order valence-electron chi connectivity index (χ1n) is 6.37. The van der Waals surface area contributed by atoms with Crippen LogP contribution in [-0.2, 0) is 13.7 Å². The fourth-order valence-corrected chi connectivity index (χ4v) is 2.31. The van der Waals surface area contributed by atoms with Crippen LogP contribution in [0.25, 0.3) is 11.0 Å². The SMILES string of the molecule is Cc1ccc(OCc2nc(N)c3cnn(C)c3n2)c(Cl)c1. The number of rotatable bonds is 3. The number of hydrogen-bond acceptors (Lipinski definition) is 5. The molecule has 0 radical (unpaired) electrons. The van der Waals surface area contributed by atoms with Crippen LogP contribution in [-0.4, -0.2) is 19.7 Å². The lowest BCUT2D eigenvalue weighted by Crippen LogP contribution is -2.06. The largest absolute Gasteiger partial charge is 0.484 e. The van der Waals surface area contributed by atoms with Crippen LogP contribution in [0.5, 0.6) is 5.75 Å². The van der Waals surface area contributed by atoms with Crippen molar-refractivity contribution in [1.29, 1.82) is 0 Å². The van der Waals surface area contributed by atoms with Gasteiger partial charge in [-0.3, -0.25) is 4.68 Å². The standard InChI is InChI=1S/C14H14ClN5O/c1-8-3-4-11(10(15)5-8)21-7-12-18-13(16)9-6-17-20(2)14(9)19-12/h3-6H,7H2,1-2H3,(H2,16,18,19). The Balaban J connectivity index is 1.86. The number of benzene rings is 1. The van der Waals surface area contributed by atoms with Gasteiger partial charge in [-0.05, 0) is 24.6 Å². The highest BCUT2D eigenvalue weighted by Gasteiger charge is 2.10. The monoisotopic (exact) mass is 303 g/mol. The van der Waals surface area contributed by atoms with E-state index in [9.17, 15) is 0 Å². The van der Waals surface area contributed by atoms with E-state index in [0.717, 1.165) is 10.9 Å². The van der Waals surface area contributed by atoms with Gasteiger partial charge >= 0.3 is 0 Å². The number of anilines is 1. The minimum atomic E-state index is 0.189. The molecular formula is C14H14ClN5O. The van der Waals surface area contributed by atoms with E-state index in [0.29, 0.717) is 28.1 Å². The molecule has 3 aromatic rings. The lowest BCUT2D eigenvalue weighted by molar-refractivity contribution is 0.296. The highest BCUT2D eigenvalue weighted by molar-refractivity contribution is 6.32. The van der Waals surface area contributed by atoms with Crippen molar-refractivity contribution in [1.82, 2.24) is 19.7 Å². The molecule has 21 heavy (non-hydrogen) atoms. The second-order valence-electron chi connectivity index (χ2n) is 4.75. The van der Waals surface area contributed by atoms with E-state index in [1.165, 1.54) is 0 Å². The zero-order chi connectivity index (χ0) is 15.0. The van der Waals surface area contributed by atoms with Gasteiger partial charge in [-0.1, -0.05) is 17.7 Å². The molecule has 2 N–H and O–H groups in total. The molecule has 0 atom stereocenters. The highest BCUT2D eigenvalue weighted by Crippen LogP contribution is 2.26. The summed E-state index contributed by atoms with van der Waals surface area (Å²) in [6.07, 6.45) is 1.64. The third kappa shape index (κ3) is 2.62. The molecule has 0 unspecified atom stereocenters. The molecule has 6 nitrogen and oxygen atoms in total. The van der Waals surface area contributed by atoms with Crippen LogP contribution in [0.3, 0.4) is 0 Å². The molecule has 2 aromatic heterocycles. The van der Waals surface area contributed by atoms with E-state index in [1.54, 1.807) is 17.9 Å². The summed E-state index contributed by atoms with van der Waals surface area (Å²) in [7, 11) is 1.80. The Kier molecular flexibility index (Phi) is 3.39.